The van der Waals surface area contributed by atoms with Gasteiger partial charge in [0.1, 0.15) is 16.7 Å². The average molecular weight is 271 g/mol. The summed E-state index contributed by atoms with van der Waals surface area (Å²) in [7, 11) is 0. The number of carbonyl (C=O) groups excluding carboxylic acids is 1. The van der Waals surface area contributed by atoms with Crippen molar-refractivity contribution in [2.24, 2.45) is 11.7 Å². The number of aliphatic carboxylic acids is 1. The van der Waals surface area contributed by atoms with Gasteiger partial charge in [0.15, 0.2) is 0 Å². The van der Waals surface area contributed by atoms with Crippen molar-refractivity contribution in [3.8, 4) is 0 Å². The first-order valence-corrected chi connectivity index (χ1v) is 6.45. The number of thiazole rings is 1. The van der Waals surface area contributed by atoms with Crippen LogP contribution in [0, 0.1) is 5.92 Å². The summed E-state index contributed by atoms with van der Waals surface area (Å²) in [6, 6.07) is -1.16. The van der Waals surface area contributed by atoms with Gasteiger partial charge in [0.25, 0.3) is 5.91 Å². The molecule has 100 valence electrons. The minimum Gasteiger partial charge on any atom is -0.480 e. The fraction of sp³-hybridized carbons (Fsp3) is 0.545. The SMILES string of the molecule is CC(N)c1nc(C(=O)NC(C(=O)O)C(C)C)cs1. The molecule has 1 aromatic rings. The second-order valence-corrected chi connectivity index (χ2v) is 5.28. The molecule has 1 heterocycles. The van der Waals surface area contributed by atoms with Crippen LogP contribution in [0.3, 0.4) is 0 Å². The van der Waals surface area contributed by atoms with Gasteiger partial charge in [-0.25, -0.2) is 9.78 Å². The standard InChI is InChI=1S/C11H17N3O3S/c1-5(2)8(11(16)17)14-9(15)7-4-18-10(13-7)6(3)12/h4-6,8H,12H2,1-3H3,(H,14,15)(H,16,17). The zero-order chi connectivity index (χ0) is 13.9. The lowest BCUT2D eigenvalue weighted by molar-refractivity contribution is -0.140. The molecule has 0 aliphatic rings. The van der Waals surface area contributed by atoms with Crippen molar-refractivity contribution in [3.63, 3.8) is 0 Å². The third-order valence-electron chi connectivity index (χ3n) is 2.36. The molecule has 0 spiro atoms. The van der Waals surface area contributed by atoms with E-state index in [-0.39, 0.29) is 17.7 Å². The Morgan fingerprint density at radius 2 is 2.06 bits per heavy atom. The van der Waals surface area contributed by atoms with Crippen molar-refractivity contribution in [2.75, 3.05) is 0 Å². The Bertz CT molecular complexity index is 442. The van der Waals surface area contributed by atoms with Crippen molar-refractivity contribution in [3.05, 3.63) is 16.1 Å². The zero-order valence-electron chi connectivity index (χ0n) is 10.5. The maximum Gasteiger partial charge on any atom is 0.326 e. The monoisotopic (exact) mass is 271 g/mol. The number of carboxylic acid groups (broad SMARTS) is 1. The van der Waals surface area contributed by atoms with Gasteiger partial charge in [0.05, 0.1) is 6.04 Å². The molecular weight excluding hydrogens is 254 g/mol. The van der Waals surface area contributed by atoms with Crippen LogP contribution in [0.15, 0.2) is 5.38 Å². The number of carboxylic acids is 1. The summed E-state index contributed by atoms with van der Waals surface area (Å²) >= 11 is 1.29. The molecule has 4 N–H and O–H groups in total. The fourth-order valence-corrected chi connectivity index (χ4v) is 2.09. The number of nitrogens with zero attached hydrogens (tertiary/aromatic N) is 1. The molecular formula is C11H17N3O3S. The van der Waals surface area contributed by atoms with Crippen LogP contribution < -0.4 is 11.1 Å². The Hall–Kier alpha value is -1.47. The minimum atomic E-state index is -1.05. The number of rotatable bonds is 5. The number of hydrogen-bond donors (Lipinski definition) is 3. The van der Waals surface area contributed by atoms with E-state index >= 15 is 0 Å². The summed E-state index contributed by atoms with van der Waals surface area (Å²) < 4.78 is 0. The Kier molecular flexibility index (Phi) is 4.80. The first-order chi connectivity index (χ1) is 8.32. The minimum absolute atomic E-state index is 0.196. The molecule has 2 unspecified atom stereocenters. The van der Waals surface area contributed by atoms with E-state index in [2.05, 4.69) is 10.3 Å². The molecule has 18 heavy (non-hydrogen) atoms. The summed E-state index contributed by atoms with van der Waals surface area (Å²) in [5.41, 5.74) is 5.85. The van der Waals surface area contributed by atoms with Gasteiger partial charge in [-0.2, -0.15) is 0 Å². The third-order valence-corrected chi connectivity index (χ3v) is 3.41. The largest absolute Gasteiger partial charge is 0.480 e. The molecule has 1 amide bonds. The Balaban J connectivity index is 2.77. The highest BCUT2D eigenvalue weighted by Crippen LogP contribution is 2.16. The summed E-state index contributed by atoms with van der Waals surface area (Å²) in [5.74, 6) is -1.74. The molecule has 0 saturated heterocycles. The highest BCUT2D eigenvalue weighted by atomic mass is 32.1. The van der Waals surface area contributed by atoms with Gasteiger partial charge in [0, 0.05) is 5.38 Å². The van der Waals surface area contributed by atoms with E-state index in [9.17, 15) is 9.59 Å². The first-order valence-electron chi connectivity index (χ1n) is 5.57. The summed E-state index contributed by atoms with van der Waals surface area (Å²) in [6.45, 7) is 5.23. The lowest BCUT2D eigenvalue weighted by Gasteiger charge is -2.16. The van der Waals surface area contributed by atoms with Crippen LogP contribution in [0.25, 0.3) is 0 Å². The molecule has 0 bridgehead atoms. The number of nitrogens with one attached hydrogen (secondary N) is 1. The van der Waals surface area contributed by atoms with Crippen LogP contribution in [-0.4, -0.2) is 28.0 Å². The topological polar surface area (TPSA) is 105 Å². The van der Waals surface area contributed by atoms with E-state index in [0.29, 0.717) is 5.01 Å². The molecule has 2 atom stereocenters. The van der Waals surface area contributed by atoms with Crippen molar-refractivity contribution in [2.45, 2.75) is 32.9 Å². The molecule has 7 heteroatoms. The average Bonchev–Trinajstić information content (AvgIpc) is 2.73. The summed E-state index contributed by atoms with van der Waals surface area (Å²) in [5, 5.41) is 13.7. The van der Waals surface area contributed by atoms with Gasteiger partial charge >= 0.3 is 5.97 Å². The molecule has 1 aromatic heterocycles. The molecule has 6 nitrogen and oxygen atoms in total. The zero-order valence-corrected chi connectivity index (χ0v) is 11.3. The van der Waals surface area contributed by atoms with Gasteiger partial charge < -0.3 is 16.2 Å². The van der Waals surface area contributed by atoms with Gasteiger partial charge in [-0.3, -0.25) is 4.79 Å². The van der Waals surface area contributed by atoms with Crippen molar-refractivity contribution < 1.29 is 14.7 Å². The predicted octanol–water partition coefficient (Wildman–Crippen LogP) is 1.00. The quantitative estimate of drug-likeness (QED) is 0.741. The van der Waals surface area contributed by atoms with Gasteiger partial charge in [-0.1, -0.05) is 13.8 Å². The predicted molar refractivity (Wildman–Crippen MR) is 68.4 cm³/mol. The molecule has 0 radical (unpaired) electrons. The van der Waals surface area contributed by atoms with E-state index in [1.165, 1.54) is 11.3 Å². The van der Waals surface area contributed by atoms with Gasteiger partial charge in [0.2, 0.25) is 0 Å². The van der Waals surface area contributed by atoms with Gasteiger partial charge in [-0.05, 0) is 12.8 Å². The maximum absolute atomic E-state index is 11.8. The number of aromatic nitrogens is 1. The summed E-state index contributed by atoms with van der Waals surface area (Å²) in [6.07, 6.45) is 0. The lowest BCUT2D eigenvalue weighted by Crippen LogP contribution is -2.44. The second-order valence-electron chi connectivity index (χ2n) is 4.39. The molecule has 0 aromatic carbocycles. The van der Waals surface area contributed by atoms with Crippen LogP contribution in [0.5, 0.6) is 0 Å². The van der Waals surface area contributed by atoms with E-state index in [0.717, 1.165) is 0 Å². The lowest BCUT2D eigenvalue weighted by atomic mass is 10.0. The van der Waals surface area contributed by atoms with Crippen molar-refractivity contribution >= 4 is 23.2 Å². The molecule has 1 rings (SSSR count). The second kappa shape index (κ2) is 5.92. The van der Waals surface area contributed by atoms with Gasteiger partial charge in [-0.15, -0.1) is 11.3 Å². The van der Waals surface area contributed by atoms with E-state index in [4.69, 9.17) is 10.8 Å². The Morgan fingerprint density at radius 3 is 2.44 bits per heavy atom. The van der Waals surface area contributed by atoms with Crippen LogP contribution in [-0.2, 0) is 4.79 Å². The first kappa shape index (κ1) is 14.6. The Labute approximate surface area is 109 Å². The molecule has 0 fully saturated rings. The number of hydrogen-bond acceptors (Lipinski definition) is 5. The molecule has 0 aliphatic carbocycles. The van der Waals surface area contributed by atoms with E-state index < -0.39 is 17.9 Å². The number of amides is 1. The Morgan fingerprint density at radius 1 is 1.44 bits per heavy atom. The highest BCUT2D eigenvalue weighted by Gasteiger charge is 2.25. The number of carbonyl (C=O) groups is 2. The van der Waals surface area contributed by atoms with Crippen LogP contribution in [0.1, 0.15) is 42.3 Å². The molecule has 0 saturated carbocycles. The smallest absolute Gasteiger partial charge is 0.326 e. The normalized spacial score (nSPS) is 14.3. The van der Waals surface area contributed by atoms with Crippen LogP contribution in [0.4, 0.5) is 0 Å². The molecule has 0 aliphatic heterocycles. The third kappa shape index (κ3) is 3.51. The fourth-order valence-electron chi connectivity index (χ4n) is 1.33. The van der Waals surface area contributed by atoms with E-state index in [1.807, 2.05) is 0 Å². The number of nitrogens with two attached hydrogens (primary N) is 1. The van der Waals surface area contributed by atoms with Crippen molar-refractivity contribution in [1.82, 2.24) is 10.3 Å². The highest BCUT2D eigenvalue weighted by molar-refractivity contribution is 7.09. The van der Waals surface area contributed by atoms with Crippen molar-refractivity contribution in [1.29, 1.82) is 0 Å². The van der Waals surface area contributed by atoms with Crippen LogP contribution >= 0.6 is 11.3 Å². The van der Waals surface area contributed by atoms with Crippen LogP contribution in [0.2, 0.25) is 0 Å². The van der Waals surface area contributed by atoms with E-state index in [1.54, 1.807) is 26.2 Å². The summed E-state index contributed by atoms with van der Waals surface area (Å²) in [4.78, 5) is 26.9. The maximum atomic E-state index is 11.8.